The van der Waals surface area contributed by atoms with E-state index in [1.54, 1.807) is 14.0 Å². The minimum absolute atomic E-state index is 0.0403. The molecular formula is C10H11N3O3S. The second-order valence-corrected chi connectivity index (χ2v) is 5.51. The molecule has 0 atom stereocenters. The number of hydrogen-bond acceptors (Lipinski definition) is 4. The average Bonchev–Trinajstić information content (AvgIpc) is 2.60. The third kappa shape index (κ3) is 1.80. The van der Waals surface area contributed by atoms with Crippen LogP contribution in [0.25, 0.3) is 0 Å². The summed E-state index contributed by atoms with van der Waals surface area (Å²) in [4.78, 5) is 11.6. The zero-order valence-electron chi connectivity index (χ0n) is 9.47. The van der Waals surface area contributed by atoms with Crippen LogP contribution in [0, 0.1) is 11.8 Å². The number of Topliss-reactive ketones (excluding diaryl/α,β-unsaturated/α-hetero) is 1. The van der Waals surface area contributed by atoms with Crippen molar-refractivity contribution in [2.45, 2.75) is 6.92 Å². The maximum atomic E-state index is 11.9. The Hall–Kier alpha value is -1.81. The zero-order valence-corrected chi connectivity index (χ0v) is 10.3. The Morgan fingerprint density at radius 1 is 1.53 bits per heavy atom. The van der Waals surface area contributed by atoms with Crippen molar-refractivity contribution in [3.63, 3.8) is 0 Å². The van der Waals surface area contributed by atoms with Gasteiger partial charge in [-0.05, 0) is 6.92 Å². The van der Waals surface area contributed by atoms with Crippen molar-refractivity contribution in [1.82, 2.24) is 9.78 Å². The molecule has 0 fully saturated rings. The quantitative estimate of drug-likeness (QED) is 0.648. The minimum Gasteiger partial charge on any atom is -0.293 e. The number of aryl methyl sites for hydroxylation is 1. The van der Waals surface area contributed by atoms with Gasteiger partial charge in [-0.1, -0.05) is 5.92 Å². The maximum absolute atomic E-state index is 11.9. The van der Waals surface area contributed by atoms with Gasteiger partial charge in [-0.25, -0.2) is 12.7 Å². The Balaban J connectivity index is 2.61. The molecule has 17 heavy (non-hydrogen) atoms. The Bertz CT molecular complexity index is 633. The largest absolute Gasteiger partial charge is 0.293 e. The van der Waals surface area contributed by atoms with Crippen LogP contribution in [-0.4, -0.2) is 36.3 Å². The van der Waals surface area contributed by atoms with E-state index in [1.165, 1.54) is 10.9 Å². The number of anilines is 1. The summed E-state index contributed by atoms with van der Waals surface area (Å²) in [6, 6.07) is 0. The van der Waals surface area contributed by atoms with Crippen LogP contribution in [0.3, 0.4) is 0 Å². The number of nitrogens with zero attached hydrogens (tertiary/aromatic N) is 3. The fourth-order valence-corrected chi connectivity index (χ4v) is 3.08. The number of ketones is 1. The van der Waals surface area contributed by atoms with E-state index in [-0.39, 0.29) is 6.54 Å². The van der Waals surface area contributed by atoms with Gasteiger partial charge < -0.3 is 0 Å². The molecule has 1 aliphatic heterocycles. The number of carbonyl (C=O) groups excluding carboxylic acids is 1. The predicted molar refractivity (Wildman–Crippen MR) is 62.1 cm³/mol. The Kier molecular flexibility index (Phi) is 2.67. The maximum Gasteiger partial charge on any atom is 0.244 e. The highest BCUT2D eigenvalue weighted by Gasteiger charge is 2.37. The van der Waals surface area contributed by atoms with E-state index >= 15 is 0 Å². The van der Waals surface area contributed by atoms with Crippen LogP contribution in [0.1, 0.15) is 17.3 Å². The van der Waals surface area contributed by atoms with Gasteiger partial charge in [-0.15, -0.1) is 5.92 Å². The van der Waals surface area contributed by atoms with Crippen molar-refractivity contribution < 1.29 is 13.2 Å². The van der Waals surface area contributed by atoms with E-state index in [0.717, 1.165) is 4.31 Å². The average molecular weight is 253 g/mol. The Morgan fingerprint density at radius 2 is 2.24 bits per heavy atom. The van der Waals surface area contributed by atoms with Crippen molar-refractivity contribution in [3.8, 4) is 11.8 Å². The smallest absolute Gasteiger partial charge is 0.244 e. The monoisotopic (exact) mass is 253 g/mol. The van der Waals surface area contributed by atoms with Crippen LogP contribution in [0.5, 0.6) is 0 Å². The van der Waals surface area contributed by atoms with Gasteiger partial charge in [0.25, 0.3) is 0 Å². The predicted octanol–water partition coefficient (Wildman–Crippen LogP) is -0.224. The minimum atomic E-state index is -3.63. The second-order valence-electron chi connectivity index (χ2n) is 3.62. The molecule has 2 rings (SSSR count). The molecule has 0 saturated carbocycles. The molecular weight excluding hydrogens is 242 g/mol. The summed E-state index contributed by atoms with van der Waals surface area (Å²) < 4.78 is 26.3. The lowest BCUT2D eigenvalue weighted by molar-refractivity contribution is 0.102. The van der Waals surface area contributed by atoms with Crippen molar-refractivity contribution in [3.05, 3.63) is 11.8 Å². The summed E-state index contributed by atoms with van der Waals surface area (Å²) in [5.74, 6) is 4.68. The topological polar surface area (TPSA) is 72.3 Å². The molecule has 0 radical (unpaired) electrons. The molecule has 0 unspecified atom stereocenters. The first-order chi connectivity index (χ1) is 7.97. The summed E-state index contributed by atoms with van der Waals surface area (Å²) in [6.45, 7) is 1.67. The SMILES string of the molecule is CC#CCN1c2c(cnn2C)C(=O)CS1(=O)=O. The van der Waals surface area contributed by atoms with E-state index in [1.807, 2.05) is 0 Å². The lowest BCUT2D eigenvalue weighted by atomic mass is 10.2. The van der Waals surface area contributed by atoms with Crippen molar-refractivity contribution >= 4 is 21.6 Å². The highest BCUT2D eigenvalue weighted by molar-refractivity contribution is 7.93. The Labute approximate surface area is 99.3 Å². The van der Waals surface area contributed by atoms with Crippen LogP contribution in [0.15, 0.2) is 6.20 Å². The van der Waals surface area contributed by atoms with E-state index in [0.29, 0.717) is 11.4 Å². The molecule has 1 aromatic heterocycles. The standard InChI is InChI=1S/C10H11N3O3S/c1-3-4-5-13-10-8(6-11-12(10)2)9(14)7-17(13,15)16/h6H,5,7H2,1-2H3. The van der Waals surface area contributed by atoms with Gasteiger partial charge >= 0.3 is 0 Å². The molecule has 0 aliphatic carbocycles. The van der Waals surface area contributed by atoms with Gasteiger partial charge in [0.15, 0.2) is 11.6 Å². The molecule has 0 spiro atoms. The lowest BCUT2D eigenvalue weighted by Gasteiger charge is -2.26. The first-order valence-electron chi connectivity index (χ1n) is 4.92. The molecule has 1 aliphatic rings. The molecule has 0 amide bonds. The van der Waals surface area contributed by atoms with Gasteiger partial charge in [-0.2, -0.15) is 5.10 Å². The van der Waals surface area contributed by atoms with E-state index in [2.05, 4.69) is 16.9 Å². The van der Waals surface area contributed by atoms with Crippen molar-refractivity contribution in [1.29, 1.82) is 0 Å². The van der Waals surface area contributed by atoms with E-state index in [4.69, 9.17) is 0 Å². The van der Waals surface area contributed by atoms with Gasteiger partial charge in [-0.3, -0.25) is 9.48 Å². The van der Waals surface area contributed by atoms with Crippen LogP contribution in [-0.2, 0) is 17.1 Å². The third-order valence-corrected chi connectivity index (χ3v) is 4.09. The van der Waals surface area contributed by atoms with E-state index < -0.39 is 21.6 Å². The molecule has 0 bridgehead atoms. The number of aromatic nitrogens is 2. The summed E-state index contributed by atoms with van der Waals surface area (Å²) in [7, 11) is -2.03. The molecule has 7 heteroatoms. The van der Waals surface area contributed by atoms with Gasteiger partial charge in [0.2, 0.25) is 10.0 Å². The lowest BCUT2D eigenvalue weighted by Crippen LogP contribution is -2.41. The Morgan fingerprint density at radius 3 is 2.88 bits per heavy atom. The van der Waals surface area contributed by atoms with Gasteiger partial charge in [0.1, 0.15) is 5.75 Å². The van der Waals surface area contributed by atoms with Crippen LogP contribution >= 0.6 is 0 Å². The fourth-order valence-electron chi connectivity index (χ4n) is 1.70. The molecule has 0 saturated heterocycles. The van der Waals surface area contributed by atoms with Gasteiger partial charge in [0.05, 0.1) is 18.3 Å². The highest BCUT2D eigenvalue weighted by Crippen LogP contribution is 2.28. The third-order valence-electron chi connectivity index (χ3n) is 2.49. The van der Waals surface area contributed by atoms with Crippen LogP contribution < -0.4 is 4.31 Å². The first kappa shape index (κ1) is 11.7. The van der Waals surface area contributed by atoms with Crippen LogP contribution in [0.2, 0.25) is 0 Å². The fraction of sp³-hybridized carbons (Fsp3) is 0.400. The molecule has 2 heterocycles. The molecule has 0 aromatic carbocycles. The number of rotatable bonds is 1. The number of hydrogen-bond donors (Lipinski definition) is 0. The number of carbonyl (C=O) groups is 1. The molecule has 1 aromatic rings. The van der Waals surface area contributed by atoms with E-state index in [9.17, 15) is 13.2 Å². The number of fused-ring (bicyclic) bond motifs is 1. The van der Waals surface area contributed by atoms with Gasteiger partial charge in [0, 0.05) is 7.05 Å². The zero-order chi connectivity index (χ0) is 12.6. The van der Waals surface area contributed by atoms with Crippen molar-refractivity contribution in [2.24, 2.45) is 7.05 Å². The second kappa shape index (κ2) is 3.89. The highest BCUT2D eigenvalue weighted by atomic mass is 32.2. The van der Waals surface area contributed by atoms with Crippen LogP contribution in [0.4, 0.5) is 5.82 Å². The molecule has 90 valence electrons. The summed E-state index contributed by atoms with van der Waals surface area (Å²) in [6.07, 6.45) is 1.39. The summed E-state index contributed by atoms with van der Waals surface area (Å²) in [5, 5.41) is 3.91. The summed E-state index contributed by atoms with van der Waals surface area (Å²) >= 11 is 0. The number of sulfonamides is 1. The summed E-state index contributed by atoms with van der Waals surface area (Å²) in [5.41, 5.74) is 0.334. The first-order valence-corrected chi connectivity index (χ1v) is 6.53. The normalized spacial score (nSPS) is 17.3. The molecule has 0 N–H and O–H groups in total. The molecule has 6 nitrogen and oxygen atoms in total. The van der Waals surface area contributed by atoms with Crippen molar-refractivity contribution in [2.75, 3.05) is 16.6 Å².